The van der Waals surface area contributed by atoms with Gasteiger partial charge in [0, 0.05) is 11.1 Å². The monoisotopic (exact) mass is 270 g/mol. The average Bonchev–Trinajstić information content (AvgIpc) is 2.83. The highest BCUT2D eigenvalue weighted by atomic mass is 16.4. The van der Waals surface area contributed by atoms with Crippen LogP contribution >= 0.6 is 0 Å². The summed E-state index contributed by atoms with van der Waals surface area (Å²) < 4.78 is 4.73. The molecule has 1 aromatic heterocycles. The number of carboxylic acids is 2. The summed E-state index contributed by atoms with van der Waals surface area (Å²) in [5.74, 6) is -1.26. The molecule has 3 N–H and O–H groups in total. The number of aliphatic hydroxyl groups is 1. The Morgan fingerprint density at radius 3 is 1.63 bits per heavy atom. The molecular weight excluding hydrogens is 252 g/mol. The molecule has 6 heteroatoms. The maximum absolute atomic E-state index is 9.60. The smallest absolute Gasteiger partial charge is 0.330 e. The van der Waals surface area contributed by atoms with Crippen LogP contribution in [-0.2, 0) is 16.2 Å². The van der Waals surface area contributed by atoms with E-state index in [-0.39, 0.29) is 17.8 Å². The molecule has 106 valence electrons. The average molecular weight is 270 g/mol. The molecular formula is C13H18O6. The Kier molecular flexibility index (Phi) is 10.8. The lowest BCUT2D eigenvalue weighted by Crippen LogP contribution is -1.92. The van der Waals surface area contributed by atoms with Crippen LogP contribution in [0.2, 0.25) is 0 Å². The molecule has 0 radical (unpaired) electrons. The first-order valence-electron chi connectivity index (χ1n) is 5.13. The second-order valence-electron chi connectivity index (χ2n) is 3.41. The Balaban J connectivity index is 0. The van der Waals surface area contributed by atoms with Gasteiger partial charge in [-0.25, -0.2) is 9.59 Å². The van der Waals surface area contributed by atoms with E-state index in [4.69, 9.17) is 19.7 Å². The number of carbonyl (C=O) groups is 2. The van der Waals surface area contributed by atoms with E-state index in [9.17, 15) is 9.59 Å². The van der Waals surface area contributed by atoms with Crippen molar-refractivity contribution < 1.29 is 29.3 Å². The number of furan rings is 1. The third kappa shape index (κ3) is 13.6. The fraction of sp³-hybridized carbons (Fsp3) is 0.231. The summed E-state index contributed by atoms with van der Waals surface area (Å²) in [6, 6.07) is 3.46. The van der Waals surface area contributed by atoms with Crippen molar-refractivity contribution >= 4 is 11.9 Å². The molecule has 0 bridgehead atoms. The topological polar surface area (TPSA) is 108 Å². The quantitative estimate of drug-likeness (QED) is 0.725. The van der Waals surface area contributed by atoms with Crippen molar-refractivity contribution in [1.82, 2.24) is 0 Å². The van der Waals surface area contributed by atoms with Gasteiger partial charge >= 0.3 is 11.9 Å². The molecule has 0 fully saturated rings. The molecule has 19 heavy (non-hydrogen) atoms. The highest BCUT2D eigenvalue weighted by Crippen LogP contribution is 1.96. The van der Waals surface area contributed by atoms with Crippen LogP contribution < -0.4 is 0 Å². The van der Waals surface area contributed by atoms with Gasteiger partial charge in [-0.1, -0.05) is 13.2 Å². The van der Waals surface area contributed by atoms with Crippen LogP contribution in [0.5, 0.6) is 0 Å². The first-order chi connectivity index (χ1) is 8.72. The van der Waals surface area contributed by atoms with Crippen LogP contribution in [0.3, 0.4) is 0 Å². The van der Waals surface area contributed by atoms with Crippen molar-refractivity contribution in [2.45, 2.75) is 20.5 Å². The molecule has 0 aromatic carbocycles. The summed E-state index contributed by atoms with van der Waals surface area (Å²) in [6.45, 7) is 9.20. The third-order valence-electron chi connectivity index (χ3n) is 1.47. The molecule has 0 aliphatic heterocycles. The van der Waals surface area contributed by atoms with E-state index in [1.54, 1.807) is 12.1 Å². The van der Waals surface area contributed by atoms with Crippen molar-refractivity contribution in [3.63, 3.8) is 0 Å². The fourth-order valence-corrected chi connectivity index (χ4v) is 0.403. The number of rotatable bonds is 3. The molecule has 6 nitrogen and oxygen atoms in total. The first kappa shape index (κ1) is 19.0. The van der Waals surface area contributed by atoms with Gasteiger partial charge in [0.15, 0.2) is 0 Å². The molecule has 0 amide bonds. The summed E-state index contributed by atoms with van der Waals surface area (Å²) >= 11 is 0. The van der Waals surface area contributed by atoms with Gasteiger partial charge in [-0.15, -0.1) is 0 Å². The van der Waals surface area contributed by atoms with E-state index in [1.807, 2.05) is 0 Å². The largest absolute Gasteiger partial charge is 0.478 e. The normalized spacial score (nSPS) is 8.16. The molecule has 0 saturated carbocycles. The molecule has 1 heterocycles. The predicted octanol–water partition coefficient (Wildman–Crippen LogP) is 2.07. The van der Waals surface area contributed by atoms with Gasteiger partial charge in [-0.2, -0.15) is 0 Å². The van der Waals surface area contributed by atoms with Crippen molar-refractivity contribution in [2.75, 3.05) is 0 Å². The number of carboxylic acid groups (broad SMARTS) is 2. The fourth-order valence-electron chi connectivity index (χ4n) is 0.403. The van der Waals surface area contributed by atoms with Crippen LogP contribution in [0.4, 0.5) is 0 Å². The highest BCUT2D eigenvalue weighted by molar-refractivity contribution is 5.85. The summed E-state index contributed by atoms with van der Waals surface area (Å²) in [5.41, 5.74) is 0.352. The lowest BCUT2D eigenvalue weighted by Gasteiger charge is -1.79. The molecule has 0 aliphatic carbocycles. The summed E-state index contributed by atoms with van der Waals surface area (Å²) in [5, 5.41) is 24.1. The molecule has 0 saturated heterocycles. The summed E-state index contributed by atoms with van der Waals surface area (Å²) in [4.78, 5) is 19.2. The summed E-state index contributed by atoms with van der Waals surface area (Å²) in [7, 11) is 0. The lowest BCUT2D eigenvalue weighted by molar-refractivity contribution is -0.133. The van der Waals surface area contributed by atoms with E-state index in [0.29, 0.717) is 5.76 Å². The SMILES string of the molecule is C=C(C)C(=O)O.C=C(C)C(=O)O.OCc1ccco1. The van der Waals surface area contributed by atoms with Crippen LogP contribution in [-0.4, -0.2) is 27.3 Å². The molecule has 0 spiro atoms. The predicted molar refractivity (Wildman–Crippen MR) is 69.5 cm³/mol. The molecule has 1 aromatic rings. The first-order valence-corrected chi connectivity index (χ1v) is 5.13. The zero-order valence-electron chi connectivity index (χ0n) is 10.9. The number of aliphatic hydroxyl groups excluding tert-OH is 1. The molecule has 0 unspecified atom stereocenters. The van der Waals surface area contributed by atoms with E-state index in [2.05, 4.69) is 13.2 Å². The van der Waals surface area contributed by atoms with Crippen LogP contribution in [0, 0.1) is 0 Å². The van der Waals surface area contributed by atoms with Crippen LogP contribution in [0.1, 0.15) is 19.6 Å². The van der Waals surface area contributed by atoms with Crippen LogP contribution in [0.25, 0.3) is 0 Å². The van der Waals surface area contributed by atoms with E-state index in [0.717, 1.165) is 0 Å². The second kappa shape index (κ2) is 10.8. The second-order valence-corrected chi connectivity index (χ2v) is 3.41. The third-order valence-corrected chi connectivity index (χ3v) is 1.47. The van der Waals surface area contributed by atoms with Gasteiger partial charge in [0.1, 0.15) is 12.4 Å². The van der Waals surface area contributed by atoms with Gasteiger partial charge in [-0.05, 0) is 26.0 Å². The van der Waals surface area contributed by atoms with Crippen molar-refractivity contribution in [2.24, 2.45) is 0 Å². The number of hydrogen-bond donors (Lipinski definition) is 3. The van der Waals surface area contributed by atoms with Gasteiger partial charge in [0.25, 0.3) is 0 Å². The van der Waals surface area contributed by atoms with E-state index in [1.165, 1.54) is 20.1 Å². The summed E-state index contributed by atoms with van der Waals surface area (Å²) in [6.07, 6.45) is 1.53. The van der Waals surface area contributed by atoms with Crippen LogP contribution in [0.15, 0.2) is 47.1 Å². The molecule has 0 aliphatic rings. The maximum atomic E-state index is 9.60. The Labute approximate surface area is 111 Å². The Bertz CT molecular complexity index is 368. The van der Waals surface area contributed by atoms with Gasteiger partial charge in [-0.3, -0.25) is 0 Å². The van der Waals surface area contributed by atoms with Gasteiger partial charge in [0.05, 0.1) is 6.26 Å². The molecule has 1 rings (SSSR count). The van der Waals surface area contributed by atoms with Crippen molar-refractivity contribution in [3.8, 4) is 0 Å². The van der Waals surface area contributed by atoms with Gasteiger partial charge < -0.3 is 19.7 Å². The zero-order valence-corrected chi connectivity index (χ0v) is 10.9. The number of hydrogen-bond acceptors (Lipinski definition) is 4. The highest BCUT2D eigenvalue weighted by Gasteiger charge is 1.90. The van der Waals surface area contributed by atoms with Crippen molar-refractivity contribution in [3.05, 3.63) is 48.5 Å². The number of aliphatic carboxylic acids is 2. The minimum absolute atomic E-state index is 0.00694. The lowest BCUT2D eigenvalue weighted by atomic mass is 10.4. The minimum Gasteiger partial charge on any atom is -0.478 e. The Morgan fingerprint density at radius 2 is 1.53 bits per heavy atom. The van der Waals surface area contributed by atoms with Gasteiger partial charge in [0.2, 0.25) is 0 Å². The Morgan fingerprint density at radius 1 is 1.16 bits per heavy atom. The van der Waals surface area contributed by atoms with Crippen molar-refractivity contribution in [1.29, 1.82) is 0 Å². The maximum Gasteiger partial charge on any atom is 0.330 e. The standard InChI is InChI=1S/C5H6O2.2C4H6O2/c6-4-5-2-1-3-7-5;2*1-3(2)4(5)6/h1-3,6H,4H2;2*1H2,2H3,(H,5,6). The van der Waals surface area contributed by atoms with E-state index < -0.39 is 11.9 Å². The molecule has 0 atom stereocenters. The Hall–Kier alpha value is -2.34. The van der Waals surface area contributed by atoms with E-state index >= 15 is 0 Å². The minimum atomic E-state index is -0.935. The zero-order chi connectivity index (χ0) is 15.4.